The zero-order valence-electron chi connectivity index (χ0n) is 14.7. The Kier molecular flexibility index (Phi) is 6.43. The summed E-state index contributed by atoms with van der Waals surface area (Å²) >= 11 is 0. The predicted molar refractivity (Wildman–Crippen MR) is 99.1 cm³/mol. The molecule has 2 aromatic rings. The Labute approximate surface area is 151 Å². The highest BCUT2D eigenvalue weighted by molar-refractivity contribution is 6.01. The third-order valence-corrected chi connectivity index (χ3v) is 3.82. The molecule has 0 spiro atoms. The number of nitro benzene ring substituents is 1. The second-order valence-corrected chi connectivity index (χ2v) is 5.94. The summed E-state index contributed by atoms with van der Waals surface area (Å²) in [5, 5.41) is 16.1. The Bertz CT molecular complexity index is 803. The van der Waals surface area contributed by atoms with Crippen molar-refractivity contribution in [1.82, 2.24) is 5.32 Å². The van der Waals surface area contributed by atoms with E-state index in [9.17, 15) is 19.7 Å². The lowest BCUT2D eigenvalue weighted by atomic mass is 10.1. The van der Waals surface area contributed by atoms with Gasteiger partial charge in [-0.15, -0.1) is 0 Å². The molecule has 0 saturated heterocycles. The smallest absolute Gasteiger partial charge is 0.270 e. The third-order valence-electron chi connectivity index (χ3n) is 3.82. The van der Waals surface area contributed by atoms with Crippen LogP contribution in [0.5, 0.6) is 0 Å². The molecule has 2 aromatic carbocycles. The highest BCUT2D eigenvalue weighted by atomic mass is 16.6. The molecule has 2 rings (SSSR count). The van der Waals surface area contributed by atoms with Crippen LogP contribution in [0.25, 0.3) is 0 Å². The zero-order chi connectivity index (χ0) is 19.1. The summed E-state index contributed by atoms with van der Waals surface area (Å²) in [7, 11) is 0. The molecule has 1 unspecified atom stereocenters. The first-order valence-electron chi connectivity index (χ1n) is 8.36. The largest absolute Gasteiger partial charge is 0.341 e. The van der Waals surface area contributed by atoms with Gasteiger partial charge >= 0.3 is 0 Å². The maximum absolute atomic E-state index is 12.2. The SMILES string of the molecule is CCCc1ccc(NC(=O)C(C)NC(=O)c2cccc([N+](=O)[O-])c2)cc1. The fraction of sp³-hybridized carbons (Fsp3) is 0.263. The van der Waals surface area contributed by atoms with Crippen LogP contribution in [-0.2, 0) is 11.2 Å². The topological polar surface area (TPSA) is 101 Å². The highest BCUT2D eigenvalue weighted by Gasteiger charge is 2.18. The molecule has 7 heteroatoms. The molecule has 0 heterocycles. The van der Waals surface area contributed by atoms with E-state index in [1.54, 1.807) is 6.92 Å². The first-order valence-corrected chi connectivity index (χ1v) is 8.36. The van der Waals surface area contributed by atoms with E-state index in [4.69, 9.17) is 0 Å². The number of nitro groups is 1. The summed E-state index contributed by atoms with van der Waals surface area (Å²) in [4.78, 5) is 34.6. The van der Waals surface area contributed by atoms with E-state index in [0.29, 0.717) is 5.69 Å². The number of aryl methyl sites for hydroxylation is 1. The van der Waals surface area contributed by atoms with Crippen molar-refractivity contribution < 1.29 is 14.5 Å². The third kappa shape index (κ3) is 5.14. The minimum Gasteiger partial charge on any atom is -0.341 e. The van der Waals surface area contributed by atoms with Crippen molar-refractivity contribution in [3.63, 3.8) is 0 Å². The number of anilines is 1. The van der Waals surface area contributed by atoms with Gasteiger partial charge in [0.15, 0.2) is 0 Å². The molecule has 26 heavy (non-hydrogen) atoms. The monoisotopic (exact) mass is 355 g/mol. The Hall–Kier alpha value is -3.22. The molecule has 0 radical (unpaired) electrons. The minimum absolute atomic E-state index is 0.128. The molecule has 0 bridgehead atoms. The molecule has 136 valence electrons. The summed E-state index contributed by atoms with van der Waals surface area (Å²) < 4.78 is 0. The molecule has 0 aromatic heterocycles. The van der Waals surface area contributed by atoms with Gasteiger partial charge in [-0.25, -0.2) is 0 Å². The van der Waals surface area contributed by atoms with Crippen LogP contribution in [-0.4, -0.2) is 22.8 Å². The summed E-state index contributed by atoms with van der Waals surface area (Å²) in [6.45, 7) is 3.65. The zero-order valence-corrected chi connectivity index (χ0v) is 14.7. The lowest BCUT2D eigenvalue weighted by Gasteiger charge is -2.14. The number of hydrogen-bond acceptors (Lipinski definition) is 4. The number of non-ortho nitro benzene ring substituents is 1. The molecule has 0 saturated carbocycles. The number of hydrogen-bond donors (Lipinski definition) is 2. The number of amides is 2. The van der Waals surface area contributed by atoms with Gasteiger partial charge in [-0.1, -0.05) is 31.5 Å². The van der Waals surface area contributed by atoms with Crippen molar-refractivity contribution in [3.8, 4) is 0 Å². The van der Waals surface area contributed by atoms with Gasteiger partial charge in [0.2, 0.25) is 5.91 Å². The second kappa shape index (κ2) is 8.75. The van der Waals surface area contributed by atoms with Crippen molar-refractivity contribution in [2.75, 3.05) is 5.32 Å². The molecule has 0 aliphatic rings. The van der Waals surface area contributed by atoms with Gasteiger partial charge in [-0.3, -0.25) is 19.7 Å². The van der Waals surface area contributed by atoms with Crippen molar-refractivity contribution in [3.05, 3.63) is 69.8 Å². The Morgan fingerprint density at radius 1 is 1.15 bits per heavy atom. The number of nitrogens with one attached hydrogen (secondary N) is 2. The molecule has 7 nitrogen and oxygen atoms in total. The van der Waals surface area contributed by atoms with Crippen LogP contribution in [0.1, 0.15) is 36.2 Å². The van der Waals surface area contributed by atoms with Gasteiger partial charge in [0.1, 0.15) is 6.04 Å². The summed E-state index contributed by atoms with van der Waals surface area (Å²) in [5.74, 6) is -0.915. The maximum Gasteiger partial charge on any atom is 0.270 e. The van der Waals surface area contributed by atoms with Gasteiger partial charge in [-0.2, -0.15) is 0 Å². The molecular formula is C19H21N3O4. The van der Waals surface area contributed by atoms with Crippen LogP contribution in [0, 0.1) is 10.1 Å². The van der Waals surface area contributed by atoms with E-state index in [-0.39, 0.29) is 17.2 Å². The molecule has 0 aliphatic carbocycles. The standard InChI is InChI=1S/C19H21N3O4/c1-3-5-14-8-10-16(11-9-14)21-18(23)13(2)20-19(24)15-6-4-7-17(12-15)22(25)26/h4,6-13H,3,5H2,1-2H3,(H,20,24)(H,21,23). The normalized spacial score (nSPS) is 11.5. The van der Waals surface area contributed by atoms with Crippen LogP contribution < -0.4 is 10.6 Å². The number of rotatable bonds is 7. The molecule has 1 atom stereocenters. The van der Waals surface area contributed by atoms with Crippen LogP contribution in [0.3, 0.4) is 0 Å². The molecule has 0 aliphatic heterocycles. The van der Waals surface area contributed by atoms with Gasteiger partial charge in [0.25, 0.3) is 11.6 Å². The van der Waals surface area contributed by atoms with Crippen LogP contribution in [0.15, 0.2) is 48.5 Å². The van der Waals surface area contributed by atoms with Crippen LogP contribution in [0.4, 0.5) is 11.4 Å². The lowest BCUT2D eigenvalue weighted by Crippen LogP contribution is -2.41. The van der Waals surface area contributed by atoms with Gasteiger partial charge in [-0.05, 0) is 37.1 Å². The van der Waals surface area contributed by atoms with Crippen molar-refractivity contribution >= 4 is 23.2 Å². The fourth-order valence-electron chi connectivity index (χ4n) is 2.40. The van der Waals surface area contributed by atoms with E-state index < -0.39 is 16.9 Å². The predicted octanol–water partition coefficient (Wildman–Crippen LogP) is 3.30. The van der Waals surface area contributed by atoms with Crippen molar-refractivity contribution in [2.24, 2.45) is 0 Å². The van der Waals surface area contributed by atoms with E-state index >= 15 is 0 Å². The molecule has 0 fully saturated rings. The van der Waals surface area contributed by atoms with Gasteiger partial charge in [0.05, 0.1) is 4.92 Å². The first kappa shape index (κ1) is 19.1. The summed E-state index contributed by atoms with van der Waals surface area (Å²) in [6.07, 6.45) is 2.02. The van der Waals surface area contributed by atoms with Crippen molar-refractivity contribution in [2.45, 2.75) is 32.7 Å². The Morgan fingerprint density at radius 2 is 1.85 bits per heavy atom. The average molecular weight is 355 g/mol. The summed E-state index contributed by atoms with van der Waals surface area (Å²) in [5.41, 5.74) is 1.79. The molecule has 2 N–H and O–H groups in total. The number of nitrogens with zero attached hydrogens (tertiary/aromatic N) is 1. The Morgan fingerprint density at radius 3 is 2.46 bits per heavy atom. The van der Waals surface area contributed by atoms with E-state index in [2.05, 4.69) is 17.6 Å². The second-order valence-electron chi connectivity index (χ2n) is 5.94. The fourth-order valence-corrected chi connectivity index (χ4v) is 2.40. The molecular weight excluding hydrogens is 334 g/mol. The van der Waals surface area contributed by atoms with Crippen molar-refractivity contribution in [1.29, 1.82) is 0 Å². The highest BCUT2D eigenvalue weighted by Crippen LogP contribution is 2.14. The minimum atomic E-state index is -0.794. The Balaban J connectivity index is 1.96. The lowest BCUT2D eigenvalue weighted by molar-refractivity contribution is -0.384. The number of benzene rings is 2. The van der Waals surface area contributed by atoms with E-state index in [1.165, 1.54) is 29.8 Å². The number of carbonyl (C=O) groups is 2. The maximum atomic E-state index is 12.2. The number of carbonyl (C=O) groups excluding carboxylic acids is 2. The van der Waals surface area contributed by atoms with Crippen LogP contribution >= 0.6 is 0 Å². The first-order chi connectivity index (χ1) is 12.4. The summed E-state index contributed by atoms with van der Waals surface area (Å²) in [6, 6.07) is 12.1. The van der Waals surface area contributed by atoms with Crippen LogP contribution in [0.2, 0.25) is 0 Å². The quantitative estimate of drug-likeness (QED) is 0.587. The molecule has 2 amide bonds. The van der Waals surface area contributed by atoms with Gasteiger partial charge < -0.3 is 10.6 Å². The van der Waals surface area contributed by atoms with Gasteiger partial charge in [0, 0.05) is 23.4 Å². The average Bonchev–Trinajstić information content (AvgIpc) is 2.63. The van der Waals surface area contributed by atoms with E-state index in [1.807, 2.05) is 24.3 Å². The van der Waals surface area contributed by atoms with E-state index in [0.717, 1.165) is 12.8 Å².